The summed E-state index contributed by atoms with van der Waals surface area (Å²) in [4.78, 5) is 24.3. The number of aromatic nitrogens is 4. The number of benzene rings is 1. The second-order valence-corrected chi connectivity index (χ2v) is 4.56. The maximum absolute atomic E-state index is 12.1. The molecule has 0 unspecified atom stereocenters. The number of carbonyl (C=O) groups is 1. The number of nitrogens with zero attached hydrogens (tertiary/aromatic N) is 4. The highest BCUT2D eigenvalue weighted by molar-refractivity contribution is 6.04. The molecule has 2 aromatic heterocycles. The van der Waals surface area contributed by atoms with E-state index >= 15 is 0 Å². The van der Waals surface area contributed by atoms with Crippen molar-refractivity contribution in [2.45, 2.75) is 6.92 Å². The van der Waals surface area contributed by atoms with Crippen molar-refractivity contribution in [3.05, 3.63) is 66.5 Å². The van der Waals surface area contributed by atoms with Gasteiger partial charge in [-0.25, -0.2) is 15.0 Å². The van der Waals surface area contributed by atoms with Crippen LogP contribution in [0.25, 0.3) is 5.95 Å². The van der Waals surface area contributed by atoms with E-state index in [1.165, 1.54) is 0 Å². The number of hydrogen-bond donors (Lipinski definition) is 1. The zero-order chi connectivity index (χ0) is 14.7. The molecule has 0 bridgehead atoms. The van der Waals surface area contributed by atoms with Crippen LogP contribution in [-0.2, 0) is 0 Å². The fourth-order valence-corrected chi connectivity index (χ4v) is 1.80. The first-order valence-electron chi connectivity index (χ1n) is 6.41. The van der Waals surface area contributed by atoms with Crippen LogP contribution in [0, 0.1) is 6.92 Å². The number of carbonyl (C=O) groups excluding carboxylic acids is 1. The summed E-state index contributed by atoms with van der Waals surface area (Å²) in [5, 5.41) is 2.76. The molecular formula is C15H13N5O. The fourth-order valence-electron chi connectivity index (χ4n) is 1.80. The van der Waals surface area contributed by atoms with Gasteiger partial charge in [0.05, 0.1) is 18.1 Å². The third kappa shape index (κ3) is 2.94. The predicted molar refractivity (Wildman–Crippen MR) is 78.3 cm³/mol. The molecule has 3 rings (SSSR count). The van der Waals surface area contributed by atoms with Crippen LogP contribution in [0.15, 0.2) is 55.4 Å². The van der Waals surface area contributed by atoms with Gasteiger partial charge in [0.25, 0.3) is 5.91 Å². The largest absolute Gasteiger partial charge is 0.319 e. The molecule has 0 radical (unpaired) electrons. The van der Waals surface area contributed by atoms with Gasteiger partial charge in [-0.2, -0.15) is 0 Å². The third-order valence-corrected chi connectivity index (χ3v) is 2.95. The predicted octanol–water partition coefficient (Wildman–Crippen LogP) is 2.22. The van der Waals surface area contributed by atoms with E-state index in [0.29, 0.717) is 17.2 Å². The summed E-state index contributed by atoms with van der Waals surface area (Å²) in [5.41, 5.74) is 2.25. The highest BCUT2D eigenvalue weighted by atomic mass is 16.1. The number of nitrogens with one attached hydrogen (secondary N) is 1. The molecule has 0 fully saturated rings. The molecule has 3 aromatic rings. The molecule has 1 amide bonds. The van der Waals surface area contributed by atoms with Crippen LogP contribution in [0.3, 0.4) is 0 Å². The van der Waals surface area contributed by atoms with Crippen molar-refractivity contribution in [1.82, 2.24) is 19.5 Å². The first kappa shape index (κ1) is 13.0. The summed E-state index contributed by atoms with van der Waals surface area (Å²) in [6.07, 6.45) is 8.14. The minimum Gasteiger partial charge on any atom is -0.319 e. The van der Waals surface area contributed by atoms with Gasteiger partial charge in [-0.3, -0.25) is 9.36 Å². The number of aryl methyl sites for hydroxylation is 1. The Labute approximate surface area is 121 Å². The molecule has 1 N–H and O–H groups in total. The smallest absolute Gasteiger partial charge is 0.255 e. The standard InChI is InChI=1S/C15H13N5O/c1-11-2-4-12(5-3-11)14(21)19-13-8-17-15(18-9-13)20-7-6-16-10-20/h2-10H,1H3,(H,19,21). The zero-order valence-corrected chi connectivity index (χ0v) is 11.4. The lowest BCUT2D eigenvalue weighted by atomic mass is 10.1. The van der Waals surface area contributed by atoms with Gasteiger partial charge in [0.2, 0.25) is 5.95 Å². The molecule has 0 aliphatic rings. The third-order valence-electron chi connectivity index (χ3n) is 2.95. The summed E-state index contributed by atoms with van der Waals surface area (Å²) in [6.45, 7) is 1.98. The Morgan fingerprint density at radius 1 is 1.14 bits per heavy atom. The minimum absolute atomic E-state index is 0.186. The summed E-state index contributed by atoms with van der Waals surface area (Å²) in [6, 6.07) is 7.36. The van der Waals surface area contributed by atoms with Gasteiger partial charge in [0, 0.05) is 18.0 Å². The number of anilines is 1. The van der Waals surface area contributed by atoms with Crippen LogP contribution in [0.5, 0.6) is 0 Å². The van der Waals surface area contributed by atoms with E-state index in [-0.39, 0.29) is 5.91 Å². The molecule has 1 aromatic carbocycles. The Bertz CT molecular complexity index is 733. The summed E-state index contributed by atoms with van der Waals surface area (Å²) < 4.78 is 1.69. The van der Waals surface area contributed by atoms with Gasteiger partial charge in [-0.1, -0.05) is 17.7 Å². The fraction of sp³-hybridized carbons (Fsp3) is 0.0667. The molecule has 0 saturated carbocycles. The Morgan fingerprint density at radius 3 is 2.48 bits per heavy atom. The number of amides is 1. The highest BCUT2D eigenvalue weighted by Gasteiger charge is 2.06. The first-order valence-corrected chi connectivity index (χ1v) is 6.41. The average molecular weight is 279 g/mol. The van der Waals surface area contributed by atoms with E-state index in [1.807, 2.05) is 19.1 Å². The van der Waals surface area contributed by atoms with Crippen LogP contribution in [0.4, 0.5) is 5.69 Å². The van der Waals surface area contributed by atoms with Gasteiger partial charge in [-0.05, 0) is 19.1 Å². The maximum atomic E-state index is 12.1. The van der Waals surface area contributed by atoms with E-state index in [9.17, 15) is 4.79 Å². The van der Waals surface area contributed by atoms with Crippen LogP contribution in [0.1, 0.15) is 15.9 Å². The van der Waals surface area contributed by atoms with Crippen molar-refractivity contribution in [2.24, 2.45) is 0 Å². The number of rotatable bonds is 3. The minimum atomic E-state index is -0.186. The average Bonchev–Trinajstić information content (AvgIpc) is 3.03. The van der Waals surface area contributed by atoms with Crippen molar-refractivity contribution >= 4 is 11.6 Å². The lowest BCUT2D eigenvalue weighted by molar-refractivity contribution is 0.102. The zero-order valence-electron chi connectivity index (χ0n) is 11.4. The topological polar surface area (TPSA) is 72.7 Å². The molecule has 21 heavy (non-hydrogen) atoms. The SMILES string of the molecule is Cc1ccc(C(=O)Nc2cnc(-n3ccnc3)nc2)cc1. The van der Waals surface area contributed by atoms with E-state index < -0.39 is 0 Å². The Kier molecular flexibility index (Phi) is 3.42. The molecule has 6 heteroatoms. The van der Waals surface area contributed by atoms with Crippen molar-refractivity contribution in [3.8, 4) is 5.95 Å². The van der Waals surface area contributed by atoms with Gasteiger partial charge in [0.1, 0.15) is 6.33 Å². The number of imidazole rings is 1. The van der Waals surface area contributed by atoms with Crippen molar-refractivity contribution < 1.29 is 4.79 Å². The maximum Gasteiger partial charge on any atom is 0.255 e. The van der Waals surface area contributed by atoms with Gasteiger partial charge < -0.3 is 5.32 Å². The molecule has 0 aliphatic heterocycles. The second kappa shape index (κ2) is 5.54. The molecule has 0 aliphatic carbocycles. The van der Waals surface area contributed by atoms with E-state index in [2.05, 4.69) is 20.3 Å². The lowest BCUT2D eigenvalue weighted by Crippen LogP contribution is -2.12. The summed E-state index contributed by atoms with van der Waals surface area (Å²) >= 11 is 0. The highest BCUT2D eigenvalue weighted by Crippen LogP contribution is 2.09. The van der Waals surface area contributed by atoms with E-state index in [0.717, 1.165) is 5.56 Å². The van der Waals surface area contributed by atoms with Crippen molar-refractivity contribution in [2.75, 3.05) is 5.32 Å². The van der Waals surface area contributed by atoms with Crippen LogP contribution in [-0.4, -0.2) is 25.4 Å². The van der Waals surface area contributed by atoms with E-state index in [4.69, 9.17) is 0 Å². The quantitative estimate of drug-likeness (QED) is 0.798. The number of hydrogen-bond acceptors (Lipinski definition) is 4. The Hall–Kier alpha value is -3.02. The monoisotopic (exact) mass is 279 g/mol. The lowest BCUT2D eigenvalue weighted by Gasteiger charge is -2.06. The Morgan fingerprint density at radius 2 is 1.86 bits per heavy atom. The van der Waals surface area contributed by atoms with Crippen molar-refractivity contribution in [3.63, 3.8) is 0 Å². The molecule has 0 spiro atoms. The van der Waals surface area contributed by atoms with Gasteiger partial charge in [0.15, 0.2) is 0 Å². The second-order valence-electron chi connectivity index (χ2n) is 4.56. The molecule has 104 valence electrons. The van der Waals surface area contributed by atoms with Crippen LogP contribution < -0.4 is 5.32 Å². The van der Waals surface area contributed by atoms with Crippen molar-refractivity contribution in [1.29, 1.82) is 0 Å². The molecule has 0 saturated heterocycles. The summed E-state index contributed by atoms with van der Waals surface area (Å²) in [5.74, 6) is 0.315. The van der Waals surface area contributed by atoms with Gasteiger partial charge in [-0.15, -0.1) is 0 Å². The van der Waals surface area contributed by atoms with Gasteiger partial charge >= 0.3 is 0 Å². The molecule has 2 heterocycles. The summed E-state index contributed by atoms with van der Waals surface area (Å²) in [7, 11) is 0. The van der Waals surface area contributed by atoms with Crippen LogP contribution in [0.2, 0.25) is 0 Å². The normalized spacial score (nSPS) is 10.3. The molecule has 6 nitrogen and oxygen atoms in total. The van der Waals surface area contributed by atoms with Crippen LogP contribution >= 0.6 is 0 Å². The molecular weight excluding hydrogens is 266 g/mol. The van der Waals surface area contributed by atoms with E-state index in [1.54, 1.807) is 47.8 Å². The molecule has 0 atom stereocenters. The Balaban J connectivity index is 1.73. The first-order chi connectivity index (χ1) is 10.2.